The molecular weight excluding hydrogens is 484 g/mol. The van der Waals surface area contributed by atoms with Gasteiger partial charge >= 0.3 is 5.97 Å². The molecule has 0 spiro atoms. The van der Waals surface area contributed by atoms with E-state index in [0.717, 1.165) is 30.6 Å². The Morgan fingerprint density at radius 1 is 0.917 bits per heavy atom. The topological polar surface area (TPSA) is 110 Å². The fourth-order valence-corrected chi connectivity index (χ4v) is 6.74. The molecule has 1 aliphatic heterocycles. The van der Waals surface area contributed by atoms with Gasteiger partial charge in [0.1, 0.15) is 17.5 Å². The van der Waals surface area contributed by atoms with Crippen LogP contribution >= 0.6 is 0 Å². The van der Waals surface area contributed by atoms with Crippen LogP contribution in [0.15, 0.2) is 53.4 Å². The molecule has 0 radical (unpaired) electrons. The van der Waals surface area contributed by atoms with Crippen molar-refractivity contribution in [1.29, 1.82) is 0 Å². The average Bonchev–Trinajstić information content (AvgIpc) is 3.01. The van der Waals surface area contributed by atoms with Gasteiger partial charge in [-0.2, -0.15) is 4.31 Å². The van der Waals surface area contributed by atoms with Gasteiger partial charge < -0.3 is 9.47 Å². The minimum absolute atomic E-state index is 0.0528. The van der Waals surface area contributed by atoms with Crippen LogP contribution in [0.1, 0.15) is 51.9 Å². The summed E-state index contributed by atoms with van der Waals surface area (Å²) in [6.07, 6.45) is 4.74. The van der Waals surface area contributed by atoms with Gasteiger partial charge in [-0.15, -0.1) is 0 Å². The molecule has 1 aliphatic carbocycles. The van der Waals surface area contributed by atoms with Gasteiger partial charge in [0.2, 0.25) is 15.9 Å². The summed E-state index contributed by atoms with van der Waals surface area (Å²) in [6.45, 7) is 1.28. The Hall–Kier alpha value is -3.24. The number of esters is 1. The Labute approximate surface area is 211 Å². The number of carbonyl (C=O) groups excluding carboxylic acids is 3. The molecule has 10 heteroatoms. The first kappa shape index (κ1) is 25.8. The molecule has 4 rings (SSSR count). The Morgan fingerprint density at radius 3 is 2.06 bits per heavy atom. The van der Waals surface area contributed by atoms with Crippen LogP contribution in [0.4, 0.5) is 5.69 Å². The number of methoxy groups -OCH3 is 1. The van der Waals surface area contributed by atoms with E-state index in [-0.39, 0.29) is 23.1 Å². The Morgan fingerprint density at radius 2 is 1.50 bits per heavy atom. The number of hydrogen-bond donors (Lipinski definition) is 0. The highest BCUT2D eigenvalue weighted by molar-refractivity contribution is 7.89. The molecule has 2 aliphatic rings. The van der Waals surface area contributed by atoms with E-state index in [9.17, 15) is 22.8 Å². The molecule has 1 saturated carbocycles. The second-order valence-electron chi connectivity index (χ2n) is 9.03. The molecule has 1 atom stereocenters. The van der Waals surface area contributed by atoms with E-state index in [4.69, 9.17) is 9.47 Å². The van der Waals surface area contributed by atoms with Gasteiger partial charge in [-0.3, -0.25) is 14.4 Å². The molecular formula is C26H30N2O7S. The number of amides is 2. The minimum atomic E-state index is -4.09. The summed E-state index contributed by atoms with van der Waals surface area (Å²) in [5, 5.41) is 0. The lowest BCUT2D eigenvalue weighted by atomic mass is 10.1. The predicted octanol–water partition coefficient (Wildman–Crippen LogP) is 3.67. The number of sulfonamides is 1. The fourth-order valence-electron chi connectivity index (χ4n) is 4.92. The molecule has 2 aromatic rings. The molecule has 36 heavy (non-hydrogen) atoms. The second kappa shape index (κ2) is 10.8. The number of carbonyl (C=O) groups is 3. The van der Waals surface area contributed by atoms with E-state index in [2.05, 4.69) is 0 Å². The van der Waals surface area contributed by atoms with Crippen molar-refractivity contribution in [3.05, 3.63) is 48.5 Å². The summed E-state index contributed by atoms with van der Waals surface area (Å²) in [7, 11) is -2.59. The smallest absolute Gasteiger partial charge is 0.308 e. The summed E-state index contributed by atoms with van der Waals surface area (Å²) in [5.41, 5.74) is 0.297. The maximum absolute atomic E-state index is 13.9. The quantitative estimate of drug-likeness (QED) is 0.240. The summed E-state index contributed by atoms with van der Waals surface area (Å²) in [6, 6.07) is 10.5. The van der Waals surface area contributed by atoms with Gasteiger partial charge in [-0.05, 0) is 61.4 Å². The van der Waals surface area contributed by atoms with Crippen molar-refractivity contribution in [3.8, 4) is 11.5 Å². The molecule has 0 N–H and O–H groups in total. The van der Waals surface area contributed by atoms with Gasteiger partial charge in [-0.1, -0.05) is 25.7 Å². The van der Waals surface area contributed by atoms with Crippen LogP contribution in [-0.4, -0.2) is 49.7 Å². The van der Waals surface area contributed by atoms with Crippen LogP contribution in [0.3, 0.4) is 0 Å². The Kier molecular flexibility index (Phi) is 7.75. The normalized spacial score (nSPS) is 19.4. The van der Waals surface area contributed by atoms with Crippen molar-refractivity contribution >= 4 is 33.5 Å². The van der Waals surface area contributed by atoms with Crippen molar-refractivity contribution < 1.29 is 32.3 Å². The fraction of sp³-hybridized carbons (Fsp3) is 0.423. The van der Waals surface area contributed by atoms with Crippen LogP contribution in [0.2, 0.25) is 0 Å². The maximum atomic E-state index is 13.9. The molecule has 0 aromatic heterocycles. The van der Waals surface area contributed by atoms with Gasteiger partial charge in [0.15, 0.2) is 0 Å². The molecule has 2 aromatic carbocycles. The lowest BCUT2D eigenvalue weighted by Crippen LogP contribution is -2.50. The van der Waals surface area contributed by atoms with Crippen LogP contribution in [-0.2, 0) is 24.4 Å². The van der Waals surface area contributed by atoms with Crippen LogP contribution < -0.4 is 14.4 Å². The van der Waals surface area contributed by atoms with E-state index in [1.165, 1.54) is 54.7 Å². The third-order valence-corrected chi connectivity index (χ3v) is 8.58. The van der Waals surface area contributed by atoms with Gasteiger partial charge in [0, 0.05) is 13.0 Å². The van der Waals surface area contributed by atoms with Crippen molar-refractivity contribution in [2.24, 2.45) is 0 Å². The molecule has 2 fully saturated rings. The number of imide groups is 1. The molecule has 1 heterocycles. The summed E-state index contributed by atoms with van der Waals surface area (Å²) >= 11 is 0. The van der Waals surface area contributed by atoms with Crippen molar-refractivity contribution in [3.63, 3.8) is 0 Å². The lowest BCUT2D eigenvalue weighted by molar-refractivity contribution is -0.132. The highest BCUT2D eigenvalue weighted by Gasteiger charge is 2.49. The number of nitrogens with zero attached hydrogens (tertiary/aromatic N) is 2. The maximum Gasteiger partial charge on any atom is 0.308 e. The summed E-state index contributed by atoms with van der Waals surface area (Å²) in [4.78, 5) is 38.9. The summed E-state index contributed by atoms with van der Waals surface area (Å²) in [5.74, 6) is -0.746. The first-order valence-electron chi connectivity index (χ1n) is 12.0. The molecule has 1 saturated heterocycles. The number of rotatable bonds is 7. The van der Waals surface area contributed by atoms with E-state index in [1.54, 1.807) is 12.1 Å². The van der Waals surface area contributed by atoms with Crippen LogP contribution in [0, 0.1) is 0 Å². The Bertz CT molecular complexity index is 1220. The molecule has 192 valence electrons. The van der Waals surface area contributed by atoms with Crippen LogP contribution in [0.5, 0.6) is 11.5 Å². The van der Waals surface area contributed by atoms with Gasteiger partial charge in [-0.25, -0.2) is 13.3 Å². The number of ether oxygens (including phenoxy) is 2. The second-order valence-corrected chi connectivity index (χ2v) is 10.9. The third-order valence-electron chi connectivity index (χ3n) is 6.61. The molecule has 9 nitrogen and oxygen atoms in total. The monoisotopic (exact) mass is 514 g/mol. The first-order chi connectivity index (χ1) is 17.2. The van der Waals surface area contributed by atoms with Crippen molar-refractivity contribution in [2.75, 3.05) is 12.0 Å². The van der Waals surface area contributed by atoms with Crippen molar-refractivity contribution in [2.45, 2.75) is 68.8 Å². The zero-order valence-electron chi connectivity index (χ0n) is 20.4. The molecule has 1 unspecified atom stereocenters. The van der Waals surface area contributed by atoms with Crippen LogP contribution in [0.25, 0.3) is 0 Å². The highest BCUT2D eigenvalue weighted by Crippen LogP contribution is 2.35. The van der Waals surface area contributed by atoms with Crippen molar-refractivity contribution in [1.82, 2.24) is 4.31 Å². The van der Waals surface area contributed by atoms with E-state index in [0.29, 0.717) is 24.3 Å². The number of benzene rings is 2. The SMILES string of the molecule is COc1ccc(S(=O)(=O)N(C2CCCCCC2)C2CC(=O)N(c3ccc(OC(C)=O)cc3)C2=O)cc1. The number of anilines is 1. The van der Waals surface area contributed by atoms with E-state index in [1.807, 2.05) is 0 Å². The molecule has 2 amide bonds. The van der Waals surface area contributed by atoms with E-state index >= 15 is 0 Å². The minimum Gasteiger partial charge on any atom is -0.497 e. The van der Waals surface area contributed by atoms with Gasteiger partial charge in [0.05, 0.1) is 24.1 Å². The molecule has 0 bridgehead atoms. The van der Waals surface area contributed by atoms with Gasteiger partial charge in [0.25, 0.3) is 5.91 Å². The first-order valence-corrected chi connectivity index (χ1v) is 13.5. The number of hydrogen-bond acceptors (Lipinski definition) is 7. The zero-order chi connectivity index (χ0) is 25.9. The standard InChI is InChI=1S/C26H30N2O7S/c1-18(29)35-22-11-9-19(10-12-22)27-25(30)17-24(26(27)31)28(20-7-5-3-4-6-8-20)36(32,33)23-15-13-21(34-2)14-16-23/h9-16,20,24H,3-8,17H2,1-2H3. The predicted molar refractivity (Wildman–Crippen MR) is 132 cm³/mol. The lowest BCUT2D eigenvalue weighted by Gasteiger charge is -2.33. The Balaban J connectivity index is 1.69. The highest BCUT2D eigenvalue weighted by atomic mass is 32.2. The van der Waals surface area contributed by atoms with E-state index < -0.39 is 33.8 Å². The zero-order valence-corrected chi connectivity index (χ0v) is 21.2. The average molecular weight is 515 g/mol. The largest absolute Gasteiger partial charge is 0.497 e. The third kappa shape index (κ3) is 5.29. The summed E-state index contributed by atoms with van der Waals surface area (Å²) < 4.78 is 39.3.